The Morgan fingerprint density at radius 3 is 2.83 bits per heavy atom. The van der Waals surface area contributed by atoms with Crippen molar-refractivity contribution in [3.05, 3.63) is 39.8 Å². The van der Waals surface area contributed by atoms with Crippen LogP contribution in [0, 0.1) is 11.3 Å². The molecule has 0 bridgehead atoms. The van der Waals surface area contributed by atoms with Crippen LogP contribution in [0.4, 0.5) is 5.00 Å². The van der Waals surface area contributed by atoms with Gasteiger partial charge in [-0.25, -0.2) is 0 Å². The second kappa shape index (κ2) is 9.77. The van der Waals surface area contributed by atoms with E-state index in [0.29, 0.717) is 35.2 Å². The summed E-state index contributed by atoms with van der Waals surface area (Å²) in [5.74, 6) is 1.31. The van der Waals surface area contributed by atoms with Gasteiger partial charge < -0.3 is 14.8 Å². The first kappa shape index (κ1) is 21.2. The smallest absolute Gasteiger partial charge is 0.239 e. The van der Waals surface area contributed by atoms with E-state index in [0.717, 1.165) is 36.9 Å². The van der Waals surface area contributed by atoms with Crippen molar-refractivity contribution in [3.63, 3.8) is 0 Å². The van der Waals surface area contributed by atoms with E-state index in [4.69, 9.17) is 9.47 Å². The molecule has 1 aromatic heterocycles. The van der Waals surface area contributed by atoms with E-state index < -0.39 is 0 Å². The number of thiophene rings is 1. The highest BCUT2D eigenvalue weighted by atomic mass is 32.1. The molecule has 154 valence electrons. The number of carbonyl (C=O) groups excluding carboxylic acids is 1. The van der Waals surface area contributed by atoms with Crippen LogP contribution in [0.25, 0.3) is 0 Å². The molecule has 1 N–H and O–H groups in total. The number of likely N-dealkylation sites (N-methyl/N-ethyl adjacent to an activating group) is 1. The van der Waals surface area contributed by atoms with Crippen molar-refractivity contribution < 1.29 is 14.3 Å². The van der Waals surface area contributed by atoms with E-state index >= 15 is 0 Å². The van der Waals surface area contributed by atoms with Crippen molar-refractivity contribution >= 4 is 22.2 Å². The Balaban J connectivity index is 1.64. The number of nitrogens with one attached hydrogen (secondary N) is 1. The van der Waals surface area contributed by atoms with Gasteiger partial charge in [0, 0.05) is 11.4 Å². The standard InChI is InChI=1S/C22H27N3O3S/c1-4-25(13-15-9-10-18(28-5-2)19(11-15)27-3)14-21(26)24-22-17(12-23)16-7-6-8-20(16)29-22/h9-11H,4-8,13-14H2,1-3H3,(H,24,26). The van der Waals surface area contributed by atoms with E-state index in [2.05, 4.69) is 16.3 Å². The van der Waals surface area contributed by atoms with Gasteiger partial charge in [-0.3, -0.25) is 9.69 Å². The third-order valence-corrected chi connectivity index (χ3v) is 6.24. The first-order valence-electron chi connectivity index (χ1n) is 9.96. The highest BCUT2D eigenvalue weighted by Crippen LogP contribution is 2.38. The van der Waals surface area contributed by atoms with Gasteiger partial charge >= 0.3 is 0 Å². The number of anilines is 1. The summed E-state index contributed by atoms with van der Waals surface area (Å²) in [6.45, 7) is 6.16. The zero-order valence-corrected chi connectivity index (χ0v) is 18.0. The number of hydrogen-bond donors (Lipinski definition) is 1. The predicted octanol–water partition coefficient (Wildman–Crippen LogP) is 3.98. The average molecular weight is 414 g/mol. The van der Waals surface area contributed by atoms with Crippen molar-refractivity contribution in [3.8, 4) is 17.6 Å². The number of ether oxygens (including phenoxy) is 2. The molecule has 0 saturated heterocycles. The molecule has 2 aromatic rings. The molecule has 0 radical (unpaired) electrons. The monoisotopic (exact) mass is 413 g/mol. The molecule has 1 amide bonds. The number of rotatable bonds is 9. The van der Waals surface area contributed by atoms with Crippen LogP contribution >= 0.6 is 11.3 Å². The summed E-state index contributed by atoms with van der Waals surface area (Å²) in [4.78, 5) is 15.9. The van der Waals surface area contributed by atoms with Crippen molar-refractivity contribution in [1.82, 2.24) is 4.90 Å². The Morgan fingerprint density at radius 2 is 2.14 bits per heavy atom. The number of nitriles is 1. The van der Waals surface area contributed by atoms with Gasteiger partial charge in [-0.15, -0.1) is 11.3 Å². The summed E-state index contributed by atoms with van der Waals surface area (Å²) < 4.78 is 11.0. The topological polar surface area (TPSA) is 74.6 Å². The van der Waals surface area contributed by atoms with Gasteiger partial charge in [0.05, 0.1) is 25.8 Å². The molecule has 1 aromatic carbocycles. The number of amides is 1. The molecule has 0 fully saturated rings. The molecule has 1 aliphatic rings. The van der Waals surface area contributed by atoms with E-state index in [1.165, 1.54) is 4.88 Å². The third kappa shape index (κ3) is 4.89. The SMILES string of the molecule is CCOc1ccc(CN(CC)CC(=O)Nc2sc3c(c2C#N)CCC3)cc1OC. The first-order chi connectivity index (χ1) is 14.1. The Hall–Kier alpha value is -2.56. The highest BCUT2D eigenvalue weighted by molar-refractivity contribution is 7.16. The number of benzene rings is 1. The van der Waals surface area contributed by atoms with Crippen LogP contribution in [-0.2, 0) is 24.2 Å². The quantitative estimate of drug-likeness (QED) is 0.673. The molecule has 1 heterocycles. The van der Waals surface area contributed by atoms with Gasteiger partial charge in [0.2, 0.25) is 5.91 Å². The van der Waals surface area contributed by atoms with Crippen molar-refractivity contribution in [1.29, 1.82) is 5.26 Å². The van der Waals surface area contributed by atoms with Gasteiger partial charge in [-0.05, 0) is 56.0 Å². The molecule has 0 unspecified atom stereocenters. The van der Waals surface area contributed by atoms with E-state index in [9.17, 15) is 10.1 Å². The van der Waals surface area contributed by atoms with Crippen molar-refractivity contribution in [2.24, 2.45) is 0 Å². The Labute approximate surface area is 176 Å². The Bertz CT molecular complexity index is 917. The molecular formula is C22H27N3O3S. The number of aryl methyl sites for hydroxylation is 1. The van der Waals surface area contributed by atoms with Crippen LogP contribution < -0.4 is 14.8 Å². The lowest BCUT2D eigenvalue weighted by atomic mass is 10.1. The maximum atomic E-state index is 12.6. The minimum Gasteiger partial charge on any atom is -0.493 e. The second-order valence-electron chi connectivity index (χ2n) is 6.94. The number of nitrogens with zero attached hydrogens (tertiary/aromatic N) is 2. The van der Waals surface area contributed by atoms with E-state index in [-0.39, 0.29) is 12.5 Å². The number of methoxy groups -OCH3 is 1. The number of fused-ring (bicyclic) bond motifs is 1. The lowest BCUT2D eigenvalue weighted by Gasteiger charge is -2.20. The minimum absolute atomic E-state index is 0.0961. The minimum atomic E-state index is -0.0961. The maximum absolute atomic E-state index is 12.6. The molecule has 29 heavy (non-hydrogen) atoms. The molecular weight excluding hydrogens is 386 g/mol. The Morgan fingerprint density at radius 1 is 1.31 bits per heavy atom. The summed E-state index contributed by atoms with van der Waals surface area (Å²) in [6, 6.07) is 8.11. The summed E-state index contributed by atoms with van der Waals surface area (Å²) >= 11 is 1.55. The maximum Gasteiger partial charge on any atom is 0.239 e. The lowest BCUT2D eigenvalue weighted by Crippen LogP contribution is -2.32. The van der Waals surface area contributed by atoms with Gasteiger partial charge in [-0.2, -0.15) is 5.26 Å². The largest absolute Gasteiger partial charge is 0.493 e. The fourth-order valence-electron chi connectivity index (χ4n) is 3.60. The van der Waals surface area contributed by atoms with Crippen molar-refractivity contribution in [2.75, 3.05) is 32.1 Å². The molecule has 6 nitrogen and oxygen atoms in total. The average Bonchev–Trinajstić information content (AvgIpc) is 3.29. The van der Waals surface area contributed by atoms with Crippen molar-refractivity contribution in [2.45, 2.75) is 39.7 Å². The molecule has 0 saturated carbocycles. The normalized spacial score (nSPS) is 12.5. The Kier molecular flexibility index (Phi) is 7.13. The lowest BCUT2D eigenvalue weighted by molar-refractivity contribution is -0.117. The number of carbonyl (C=O) groups is 1. The zero-order valence-electron chi connectivity index (χ0n) is 17.2. The molecule has 0 aliphatic heterocycles. The third-order valence-electron chi connectivity index (χ3n) is 5.03. The van der Waals surface area contributed by atoms with Gasteiger partial charge in [0.1, 0.15) is 11.1 Å². The van der Waals surface area contributed by atoms with Crippen LogP contribution in [-0.4, -0.2) is 37.6 Å². The van der Waals surface area contributed by atoms with Gasteiger partial charge in [-0.1, -0.05) is 13.0 Å². The van der Waals surface area contributed by atoms with Crippen LogP contribution in [0.3, 0.4) is 0 Å². The van der Waals surface area contributed by atoms with Gasteiger partial charge in [0.15, 0.2) is 11.5 Å². The zero-order chi connectivity index (χ0) is 20.8. The van der Waals surface area contributed by atoms with Crippen LogP contribution in [0.1, 0.15) is 41.8 Å². The molecule has 1 aliphatic carbocycles. The summed E-state index contributed by atoms with van der Waals surface area (Å²) in [6.07, 6.45) is 3.04. The molecule has 3 rings (SSSR count). The number of hydrogen-bond acceptors (Lipinski definition) is 6. The fourth-order valence-corrected chi connectivity index (χ4v) is 4.86. The van der Waals surface area contributed by atoms with Gasteiger partial charge in [0.25, 0.3) is 0 Å². The fraction of sp³-hybridized carbons (Fsp3) is 0.455. The van der Waals surface area contributed by atoms with Crippen LogP contribution in [0.5, 0.6) is 11.5 Å². The summed E-state index contributed by atoms with van der Waals surface area (Å²) in [5.41, 5.74) is 2.82. The second-order valence-corrected chi connectivity index (χ2v) is 8.05. The first-order valence-corrected chi connectivity index (χ1v) is 10.8. The highest BCUT2D eigenvalue weighted by Gasteiger charge is 2.23. The summed E-state index contributed by atoms with van der Waals surface area (Å²) in [7, 11) is 1.62. The molecule has 0 atom stereocenters. The molecule has 0 spiro atoms. The van der Waals surface area contributed by atoms with E-state index in [1.54, 1.807) is 18.4 Å². The van der Waals surface area contributed by atoms with Crippen LogP contribution in [0.2, 0.25) is 0 Å². The van der Waals surface area contributed by atoms with Crippen LogP contribution in [0.15, 0.2) is 18.2 Å². The molecule has 7 heteroatoms. The van der Waals surface area contributed by atoms with E-state index in [1.807, 2.05) is 32.0 Å². The summed E-state index contributed by atoms with van der Waals surface area (Å²) in [5, 5.41) is 13.1. The predicted molar refractivity (Wildman–Crippen MR) is 115 cm³/mol.